The first-order chi connectivity index (χ1) is 9.38. The highest BCUT2D eigenvalue weighted by molar-refractivity contribution is 5.24. The van der Waals surface area contributed by atoms with Crippen molar-refractivity contribution in [2.75, 3.05) is 13.2 Å². The van der Waals surface area contributed by atoms with Gasteiger partial charge in [0.25, 0.3) is 0 Å². The molecule has 0 aliphatic heterocycles. The van der Waals surface area contributed by atoms with Gasteiger partial charge in [-0.2, -0.15) is 0 Å². The average Bonchev–Trinajstić information content (AvgIpc) is 2.35. The Kier molecular flexibility index (Phi) is 6.93. The lowest BCUT2D eigenvalue weighted by Gasteiger charge is -2.20. The van der Waals surface area contributed by atoms with Gasteiger partial charge >= 0.3 is 0 Å². The van der Waals surface area contributed by atoms with Gasteiger partial charge in [-0.3, -0.25) is 0 Å². The molecule has 0 unspecified atom stereocenters. The highest BCUT2D eigenvalue weighted by Crippen LogP contribution is 2.18. The predicted molar refractivity (Wildman–Crippen MR) is 78.1 cm³/mol. The van der Waals surface area contributed by atoms with E-state index in [9.17, 15) is 8.78 Å². The number of unbranched alkanes of at least 4 members (excludes halogenated alkanes) is 3. The number of ether oxygens (including phenoxy) is 1. The van der Waals surface area contributed by atoms with Gasteiger partial charge in [0, 0.05) is 11.6 Å². The van der Waals surface area contributed by atoms with E-state index in [1.165, 1.54) is 0 Å². The Labute approximate surface area is 120 Å². The van der Waals surface area contributed by atoms with Crippen molar-refractivity contribution in [1.82, 2.24) is 5.32 Å². The van der Waals surface area contributed by atoms with E-state index in [0.29, 0.717) is 6.61 Å². The molecule has 4 heteroatoms. The maximum atomic E-state index is 13.3. The second-order valence-electron chi connectivity index (χ2n) is 6.01. The van der Waals surface area contributed by atoms with E-state index in [2.05, 4.69) is 26.1 Å². The molecule has 0 aliphatic carbocycles. The molecule has 20 heavy (non-hydrogen) atoms. The minimum Gasteiger partial charge on any atom is -0.490 e. The third kappa shape index (κ3) is 7.43. The van der Waals surface area contributed by atoms with Gasteiger partial charge < -0.3 is 10.1 Å². The van der Waals surface area contributed by atoms with Crippen LogP contribution in [-0.2, 0) is 0 Å². The molecule has 0 saturated heterocycles. The van der Waals surface area contributed by atoms with Crippen LogP contribution in [0.4, 0.5) is 8.78 Å². The predicted octanol–water partition coefficient (Wildman–Crippen LogP) is 4.29. The van der Waals surface area contributed by atoms with E-state index < -0.39 is 11.6 Å². The zero-order valence-corrected chi connectivity index (χ0v) is 12.6. The summed E-state index contributed by atoms with van der Waals surface area (Å²) in [6, 6.07) is 3.26. The van der Waals surface area contributed by atoms with Crippen LogP contribution in [0.15, 0.2) is 18.2 Å². The summed E-state index contributed by atoms with van der Waals surface area (Å²) >= 11 is 0. The first-order valence-corrected chi connectivity index (χ1v) is 7.21. The monoisotopic (exact) mass is 285 g/mol. The number of hydrogen-bond donors (Lipinski definition) is 1. The Hall–Kier alpha value is -1.16. The molecule has 0 aliphatic rings. The minimum absolute atomic E-state index is 0.000556. The zero-order chi connectivity index (χ0) is 15.0. The van der Waals surface area contributed by atoms with Crippen molar-refractivity contribution in [2.45, 2.75) is 52.0 Å². The van der Waals surface area contributed by atoms with E-state index in [0.717, 1.165) is 50.4 Å². The van der Waals surface area contributed by atoms with Crippen LogP contribution in [0.5, 0.6) is 5.75 Å². The number of nitrogens with one attached hydrogen (secondary N) is 1. The van der Waals surface area contributed by atoms with Crippen LogP contribution in [0.2, 0.25) is 0 Å². The highest BCUT2D eigenvalue weighted by Gasteiger charge is 2.07. The van der Waals surface area contributed by atoms with Gasteiger partial charge in [-0.25, -0.2) is 8.78 Å². The van der Waals surface area contributed by atoms with E-state index in [4.69, 9.17) is 4.74 Å². The Morgan fingerprint density at radius 1 is 1.05 bits per heavy atom. The zero-order valence-electron chi connectivity index (χ0n) is 12.6. The summed E-state index contributed by atoms with van der Waals surface area (Å²) in [5.41, 5.74) is 0.165. The molecular formula is C16H25F2NO. The molecule has 0 atom stereocenters. The van der Waals surface area contributed by atoms with Crippen molar-refractivity contribution < 1.29 is 13.5 Å². The molecule has 0 aromatic heterocycles. The lowest BCUT2D eigenvalue weighted by atomic mass is 10.1. The van der Waals surface area contributed by atoms with E-state index in [1.807, 2.05) is 0 Å². The molecule has 0 amide bonds. The maximum Gasteiger partial charge on any atom is 0.165 e. The first-order valence-electron chi connectivity index (χ1n) is 7.21. The van der Waals surface area contributed by atoms with Crippen molar-refractivity contribution in [3.05, 3.63) is 29.8 Å². The third-order valence-electron chi connectivity index (χ3n) is 2.88. The topological polar surface area (TPSA) is 21.3 Å². The molecule has 0 fully saturated rings. The number of hydrogen-bond acceptors (Lipinski definition) is 2. The molecule has 1 rings (SSSR count). The van der Waals surface area contributed by atoms with Gasteiger partial charge in [-0.15, -0.1) is 0 Å². The Morgan fingerprint density at radius 3 is 2.45 bits per heavy atom. The molecule has 2 nitrogen and oxygen atoms in total. The van der Waals surface area contributed by atoms with Crippen molar-refractivity contribution >= 4 is 0 Å². The number of rotatable bonds is 8. The van der Waals surface area contributed by atoms with Crippen LogP contribution in [0.1, 0.15) is 46.5 Å². The van der Waals surface area contributed by atoms with Crippen molar-refractivity contribution in [2.24, 2.45) is 0 Å². The number of halogens is 2. The van der Waals surface area contributed by atoms with E-state index in [-0.39, 0.29) is 11.3 Å². The second kappa shape index (κ2) is 8.20. The lowest BCUT2D eigenvalue weighted by Crippen LogP contribution is -2.36. The summed E-state index contributed by atoms with van der Waals surface area (Å²) in [5, 5.41) is 3.43. The van der Waals surface area contributed by atoms with Crippen molar-refractivity contribution in [1.29, 1.82) is 0 Å². The molecule has 1 aromatic rings. The molecule has 1 N–H and O–H groups in total. The van der Waals surface area contributed by atoms with Crippen LogP contribution in [0.25, 0.3) is 0 Å². The van der Waals surface area contributed by atoms with Crippen molar-refractivity contribution in [3.8, 4) is 5.75 Å². The summed E-state index contributed by atoms with van der Waals surface area (Å²) in [7, 11) is 0. The van der Waals surface area contributed by atoms with Crippen molar-refractivity contribution in [3.63, 3.8) is 0 Å². The largest absolute Gasteiger partial charge is 0.490 e. The molecule has 114 valence electrons. The summed E-state index contributed by atoms with van der Waals surface area (Å²) < 4.78 is 31.4. The Bertz CT molecular complexity index is 402. The van der Waals surface area contributed by atoms with Crippen LogP contribution in [0.3, 0.4) is 0 Å². The summed E-state index contributed by atoms with van der Waals surface area (Å²) in [4.78, 5) is 0. The Morgan fingerprint density at radius 2 is 1.75 bits per heavy atom. The first kappa shape index (κ1) is 16.9. The standard InChI is InChI=1S/C16H25F2NO/c1-16(2,3)19-10-6-4-5-7-11-20-15-12-13(17)8-9-14(15)18/h8-9,12,19H,4-7,10-11H2,1-3H3. The fraction of sp³-hybridized carbons (Fsp3) is 0.625. The molecule has 0 bridgehead atoms. The highest BCUT2D eigenvalue weighted by atomic mass is 19.1. The number of benzene rings is 1. The molecular weight excluding hydrogens is 260 g/mol. The fourth-order valence-corrected chi connectivity index (χ4v) is 1.81. The van der Waals surface area contributed by atoms with Gasteiger partial charge in [0.05, 0.1) is 6.61 Å². The summed E-state index contributed by atoms with van der Waals surface area (Å²) in [5.74, 6) is -0.991. The van der Waals surface area contributed by atoms with Gasteiger partial charge in [0.1, 0.15) is 5.82 Å². The minimum atomic E-state index is -0.513. The van der Waals surface area contributed by atoms with Gasteiger partial charge in [0.2, 0.25) is 0 Å². The Balaban J connectivity index is 2.06. The van der Waals surface area contributed by atoms with Gasteiger partial charge in [-0.1, -0.05) is 12.8 Å². The fourth-order valence-electron chi connectivity index (χ4n) is 1.81. The van der Waals surface area contributed by atoms with Crippen LogP contribution in [-0.4, -0.2) is 18.7 Å². The van der Waals surface area contributed by atoms with Crippen LogP contribution >= 0.6 is 0 Å². The smallest absolute Gasteiger partial charge is 0.165 e. The summed E-state index contributed by atoms with van der Waals surface area (Å²) in [6.07, 6.45) is 4.11. The molecule has 0 radical (unpaired) electrons. The van der Waals surface area contributed by atoms with Gasteiger partial charge in [0.15, 0.2) is 11.6 Å². The normalized spacial score (nSPS) is 11.7. The molecule has 0 heterocycles. The van der Waals surface area contributed by atoms with Crippen LogP contribution in [0, 0.1) is 11.6 Å². The SMILES string of the molecule is CC(C)(C)NCCCCCCOc1cc(F)ccc1F. The molecule has 0 saturated carbocycles. The van der Waals surface area contributed by atoms with E-state index >= 15 is 0 Å². The summed E-state index contributed by atoms with van der Waals surface area (Å²) in [6.45, 7) is 7.87. The maximum absolute atomic E-state index is 13.3. The third-order valence-corrected chi connectivity index (χ3v) is 2.88. The van der Waals surface area contributed by atoms with Crippen LogP contribution < -0.4 is 10.1 Å². The van der Waals surface area contributed by atoms with E-state index in [1.54, 1.807) is 0 Å². The molecule has 0 spiro atoms. The average molecular weight is 285 g/mol. The lowest BCUT2D eigenvalue weighted by molar-refractivity contribution is 0.288. The molecule has 1 aromatic carbocycles. The quantitative estimate of drug-likeness (QED) is 0.719. The van der Waals surface area contributed by atoms with Gasteiger partial charge in [-0.05, 0) is 52.3 Å². The second-order valence-corrected chi connectivity index (χ2v) is 6.01.